The van der Waals surface area contributed by atoms with Gasteiger partial charge in [-0.3, -0.25) is 9.36 Å². The van der Waals surface area contributed by atoms with E-state index >= 15 is 0 Å². The Morgan fingerprint density at radius 2 is 1.75 bits per heavy atom. The molecule has 0 aliphatic heterocycles. The van der Waals surface area contributed by atoms with Gasteiger partial charge in [0.15, 0.2) is 5.16 Å². The number of aryl methyl sites for hydroxylation is 1. The first-order valence-corrected chi connectivity index (χ1v) is 12.1. The number of carbonyl (C=O) groups excluding carboxylic acids is 1. The maximum Gasteiger partial charge on any atom is 0.237 e. The number of rotatable bonds is 7. The van der Waals surface area contributed by atoms with E-state index in [4.69, 9.17) is 4.74 Å². The smallest absolute Gasteiger partial charge is 0.237 e. The van der Waals surface area contributed by atoms with Gasteiger partial charge >= 0.3 is 0 Å². The van der Waals surface area contributed by atoms with Crippen LogP contribution in [0.25, 0.3) is 5.69 Å². The van der Waals surface area contributed by atoms with Crippen molar-refractivity contribution in [1.29, 1.82) is 0 Å². The number of ether oxygens (including phenoxy) is 1. The highest BCUT2D eigenvalue weighted by Gasteiger charge is 2.26. The van der Waals surface area contributed by atoms with E-state index < -0.39 is 0 Å². The van der Waals surface area contributed by atoms with Gasteiger partial charge in [0.25, 0.3) is 0 Å². The summed E-state index contributed by atoms with van der Waals surface area (Å²) in [7, 11) is 1.66. The Labute approximate surface area is 193 Å². The molecule has 0 unspecified atom stereocenters. The largest absolute Gasteiger partial charge is 0.497 e. The summed E-state index contributed by atoms with van der Waals surface area (Å²) >= 11 is 1.44. The lowest BCUT2D eigenvalue weighted by Crippen LogP contribution is -2.23. The van der Waals surface area contributed by atoms with Gasteiger partial charge in [-0.25, -0.2) is 0 Å². The van der Waals surface area contributed by atoms with E-state index in [0.717, 1.165) is 46.5 Å². The van der Waals surface area contributed by atoms with Crippen LogP contribution in [0.4, 0.5) is 5.69 Å². The molecule has 1 aromatic heterocycles. The highest BCUT2D eigenvalue weighted by Crippen LogP contribution is 2.36. The molecule has 6 nitrogen and oxygen atoms in total. The van der Waals surface area contributed by atoms with E-state index in [9.17, 15) is 4.79 Å². The summed E-state index contributed by atoms with van der Waals surface area (Å²) in [6.45, 7) is 3.93. The number of carbonyl (C=O) groups is 1. The molecule has 1 aliphatic carbocycles. The number of hydrogen-bond acceptors (Lipinski definition) is 5. The SMILES string of the molecule is COc1ccc(-n2c(S[C@@H](C)C(=O)Nc3ccc(C)cc3)nnc2C2CCCCC2)cc1. The molecule has 4 rings (SSSR count). The first-order chi connectivity index (χ1) is 15.5. The molecule has 0 bridgehead atoms. The summed E-state index contributed by atoms with van der Waals surface area (Å²) in [6, 6.07) is 15.8. The standard InChI is InChI=1S/C25H30N4O2S/c1-17-9-11-20(12-10-17)26-24(30)18(2)32-25-28-27-23(19-7-5-4-6-8-19)29(25)21-13-15-22(31-3)16-14-21/h9-16,18-19H,4-8H2,1-3H3,(H,26,30)/t18-/m0/s1. The van der Waals surface area contributed by atoms with E-state index in [1.165, 1.54) is 31.0 Å². The number of thioether (sulfide) groups is 1. The zero-order chi connectivity index (χ0) is 22.5. The summed E-state index contributed by atoms with van der Waals surface area (Å²) in [4.78, 5) is 12.8. The van der Waals surface area contributed by atoms with Crippen LogP contribution in [-0.2, 0) is 4.79 Å². The predicted molar refractivity (Wildman–Crippen MR) is 129 cm³/mol. The molecular weight excluding hydrogens is 420 g/mol. The third-order valence-electron chi connectivity index (χ3n) is 5.93. The second-order valence-corrected chi connectivity index (χ2v) is 9.63. The van der Waals surface area contributed by atoms with Gasteiger partial charge in [-0.1, -0.05) is 48.7 Å². The topological polar surface area (TPSA) is 69.0 Å². The molecule has 7 heteroatoms. The molecule has 1 N–H and O–H groups in total. The van der Waals surface area contributed by atoms with Gasteiger partial charge in [-0.05, 0) is 63.1 Å². The zero-order valence-corrected chi connectivity index (χ0v) is 19.7. The highest BCUT2D eigenvalue weighted by atomic mass is 32.2. The van der Waals surface area contributed by atoms with Gasteiger partial charge in [-0.15, -0.1) is 10.2 Å². The summed E-state index contributed by atoms with van der Waals surface area (Å²) in [5.74, 6) is 2.14. The first kappa shape index (κ1) is 22.4. The van der Waals surface area contributed by atoms with Crippen molar-refractivity contribution in [3.63, 3.8) is 0 Å². The third kappa shape index (κ3) is 5.15. The lowest BCUT2D eigenvalue weighted by atomic mass is 9.88. The molecule has 1 atom stereocenters. The van der Waals surface area contributed by atoms with Gasteiger partial charge in [0.2, 0.25) is 5.91 Å². The van der Waals surface area contributed by atoms with Crippen molar-refractivity contribution in [3.05, 3.63) is 59.9 Å². The summed E-state index contributed by atoms with van der Waals surface area (Å²) in [5.41, 5.74) is 2.95. The third-order valence-corrected chi connectivity index (χ3v) is 6.97. The van der Waals surface area contributed by atoms with Crippen molar-refractivity contribution < 1.29 is 9.53 Å². The Balaban J connectivity index is 1.58. The van der Waals surface area contributed by atoms with Crippen LogP contribution in [0.3, 0.4) is 0 Å². The molecule has 1 amide bonds. The van der Waals surface area contributed by atoms with E-state index in [1.807, 2.05) is 62.4 Å². The van der Waals surface area contributed by atoms with Crippen molar-refractivity contribution in [2.75, 3.05) is 12.4 Å². The Hall–Kier alpha value is -2.80. The Morgan fingerprint density at radius 3 is 2.41 bits per heavy atom. The van der Waals surface area contributed by atoms with Gasteiger partial charge in [0.1, 0.15) is 11.6 Å². The molecule has 1 heterocycles. The maximum absolute atomic E-state index is 12.8. The van der Waals surface area contributed by atoms with E-state index in [-0.39, 0.29) is 11.2 Å². The maximum atomic E-state index is 12.8. The molecule has 1 fully saturated rings. The minimum Gasteiger partial charge on any atom is -0.497 e. The fraction of sp³-hybridized carbons (Fsp3) is 0.400. The predicted octanol–water partition coefficient (Wildman–Crippen LogP) is 5.75. The quantitative estimate of drug-likeness (QED) is 0.464. The second kappa shape index (κ2) is 10.2. The molecular formula is C25H30N4O2S. The van der Waals surface area contributed by atoms with Crippen molar-refractivity contribution in [3.8, 4) is 11.4 Å². The first-order valence-electron chi connectivity index (χ1n) is 11.2. The molecule has 1 saturated carbocycles. The minimum atomic E-state index is -0.322. The summed E-state index contributed by atoms with van der Waals surface area (Å²) in [5, 5.41) is 12.5. The summed E-state index contributed by atoms with van der Waals surface area (Å²) in [6.07, 6.45) is 5.98. The van der Waals surface area contributed by atoms with Crippen LogP contribution in [0.2, 0.25) is 0 Å². The fourth-order valence-corrected chi connectivity index (χ4v) is 4.92. The number of benzene rings is 2. The monoisotopic (exact) mass is 450 g/mol. The lowest BCUT2D eigenvalue weighted by molar-refractivity contribution is -0.115. The lowest BCUT2D eigenvalue weighted by Gasteiger charge is -2.22. The van der Waals surface area contributed by atoms with Crippen molar-refractivity contribution >= 4 is 23.4 Å². The van der Waals surface area contributed by atoms with Crippen molar-refractivity contribution in [2.45, 2.75) is 62.3 Å². The number of methoxy groups -OCH3 is 1. The van der Waals surface area contributed by atoms with Crippen LogP contribution in [0, 0.1) is 6.92 Å². The summed E-state index contributed by atoms with van der Waals surface area (Å²) < 4.78 is 7.45. The van der Waals surface area contributed by atoms with Gasteiger partial charge in [0, 0.05) is 17.3 Å². The number of aromatic nitrogens is 3. The van der Waals surface area contributed by atoms with Gasteiger partial charge < -0.3 is 10.1 Å². The van der Waals surface area contributed by atoms with Crippen molar-refractivity contribution in [2.24, 2.45) is 0 Å². The van der Waals surface area contributed by atoms with Crippen LogP contribution in [0.5, 0.6) is 5.75 Å². The number of nitrogens with one attached hydrogen (secondary N) is 1. The molecule has 0 radical (unpaired) electrons. The highest BCUT2D eigenvalue weighted by molar-refractivity contribution is 8.00. The van der Waals surface area contributed by atoms with Crippen LogP contribution in [0.1, 0.15) is 56.3 Å². The minimum absolute atomic E-state index is 0.0534. The number of nitrogens with zero attached hydrogens (tertiary/aromatic N) is 3. The van der Waals surface area contributed by atoms with Crippen LogP contribution >= 0.6 is 11.8 Å². The van der Waals surface area contributed by atoms with Crippen LogP contribution in [-0.4, -0.2) is 33.0 Å². The van der Waals surface area contributed by atoms with Gasteiger partial charge in [0.05, 0.1) is 12.4 Å². The number of hydrogen-bond donors (Lipinski definition) is 1. The van der Waals surface area contributed by atoms with E-state index in [0.29, 0.717) is 5.92 Å². The number of anilines is 1. The molecule has 1 aliphatic rings. The number of amides is 1. The molecule has 32 heavy (non-hydrogen) atoms. The molecule has 2 aromatic carbocycles. The molecule has 0 saturated heterocycles. The van der Waals surface area contributed by atoms with E-state index in [1.54, 1.807) is 7.11 Å². The Morgan fingerprint density at radius 1 is 1.06 bits per heavy atom. The fourth-order valence-electron chi connectivity index (χ4n) is 4.05. The molecule has 3 aromatic rings. The average Bonchev–Trinajstić information content (AvgIpc) is 3.24. The van der Waals surface area contributed by atoms with Crippen LogP contribution in [0.15, 0.2) is 53.7 Å². The van der Waals surface area contributed by atoms with Crippen molar-refractivity contribution in [1.82, 2.24) is 14.8 Å². The zero-order valence-electron chi connectivity index (χ0n) is 18.9. The van der Waals surface area contributed by atoms with Gasteiger partial charge in [-0.2, -0.15) is 0 Å². The molecule has 168 valence electrons. The Bertz CT molecular complexity index is 1040. The Kier molecular flexibility index (Phi) is 7.15. The van der Waals surface area contributed by atoms with Crippen LogP contribution < -0.4 is 10.1 Å². The molecule has 0 spiro atoms. The normalized spacial score (nSPS) is 15.3. The van der Waals surface area contributed by atoms with E-state index in [2.05, 4.69) is 20.1 Å². The average molecular weight is 451 g/mol. The second-order valence-electron chi connectivity index (χ2n) is 8.32.